The zero-order chi connectivity index (χ0) is 23.0. The Kier molecular flexibility index (Phi) is 5.82. The van der Waals surface area contributed by atoms with Crippen molar-refractivity contribution in [3.63, 3.8) is 0 Å². The molecule has 0 spiro atoms. The minimum atomic E-state index is -0.361. The van der Waals surface area contributed by atoms with Gasteiger partial charge < -0.3 is 9.80 Å². The second-order valence-corrected chi connectivity index (χ2v) is 8.59. The Hall–Kier alpha value is -3.48. The van der Waals surface area contributed by atoms with E-state index >= 15 is 0 Å². The zero-order valence-corrected chi connectivity index (χ0v) is 18.6. The van der Waals surface area contributed by atoms with E-state index in [9.17, 15) is 19.2 Å². The van der Waals surface area contributed by atoms with Crippen LogP contribution in [0.1, 0.15) is 67.3 Å². The molecule has 0 unspecified atom stereocenters. The molecule has 1 fully saturated rings. The number of nitrogens with zero attached hydrogens (tertiary/aromatic N) is 3. The van der Waals surface area contributed by atoms with E-state index in [2.05, 4.69) is 0 Å². The number of carbonyl (C=O) groups is 4. The van der Waals surface area contributed by atoms with E-state index in [4.69, 9.17) is 0 Å². The van der Waals surface area contributed by atoms with Crippen molar-refractivity contribution in [2.45, 2.75) is 33.2 Å². The van der Waals surface area contributed by atoms with Crippen LogP contribution >= 0.6 is 0 Å². The van der Waals surface area contributed by atoms with Crippen LogP contribution in [0.2, 0.25) is 0 Å². The van der Waals surface area contributed by atoms with Gasteiger partial charge in [-0.05, 0) is 57.0 Å². The van der Waals surface area contributed by atoms with Crippen molar-refractivity contribution in [3.8, 4) is 0 Å². The Labute approximate surface area is 187 Å². The molecule has 2 aromatic rings. The molecule has 2 aliphatic rings. The van der Waals surface area contributed by atoms with Crippen molar-refractivity contribution in [3.05, 3.63) is 70.3 Å². The summed E-state index contributed by atoms with van der Waals surface area (Å²) in [6, 6.07) is 12.0. The SMILES string of the molecule is Cc1ccccc1C(=O)N1CCCN(C(=O)c2ccc3c(c2)C(=O)N(C(C)C)C3=O)CC1. The monoisotopic (exact) mass is 433 g/mol. The van der Waals surface area contributed by atoms with Crippen LogP contribution in [0.3, 0.4) is 0 Å². The van der Waals surface area contributed by atoms with Gasteiger partial charge in [-0.1, -0.05) is 18.2 Å². The lowest BCUT2D eigenvalue weighted by Gasteiger charge is -2.23. The maximum atomic E-state index is 13.2. The Bertz CT molecular complexity index is 1110. The van der Waals surface area contributed by atoms with Crippen molar-refractivity contribution in [2.75, 3.05) is 26.2 Å². The van der Waals surface area contributed by atoms with Gasteiger partial charge in [0.05, 0.1) is 11.1 Å². The molecule has 0 aliphatic carbocycles. The van der Waals surface area contributed by atoms with Gasteiger partial charge in [-0.15, -0.1) is 0 Å². The third-order valence-electron chi connectivity index (χ3n) is 6.13. The number of hydrogen-bond donors (Lipinski definition) is 0. The van der Waals surface area contributed by atoms with Crippen LogP contribution in [0.5, 0.6) is 0 Å². The molecule has 0 atom stereocenters. The summed E-state index contributed by atoms with van der Waals surface area (Å²) in [5.74, 6) is -0.895. The second kappa shape index (κ2) is 8.57. The van der Waals surface area contributed by atoms with E-state index in [1.807, 2.05) is 31.2 Å². The van der Waals surface area contributed by atoms with Gasteiger partial charge in [-0.2, -0.15) is 0 Å². The molecule has 0 bridgehead atoms. The van der Waals surface area contributed by atoms with Crippen LogP contribution in [-0.4, -0.2) is 70.5 Å². The first-order valence-corrected chi connectivity index (χ1v) is 11.0. The maximum Gasteiger partial charge on any atom is 0.261 e. The molecular formula is C25H27N3O4. The van der Waals surface area contributed by atoms with E-state index in [-0.39, 0.29) is 35.2 Å². The minimum absolute atomic E-state index is 0.0205. The topological polar surface area (TPSA) is 78.0 Å². The van der Waals surface area contributed by atoms with Gasteiger partial charge in [0, 0.05) is 43.3 Å². The van der Waals surface area contributed by atoms with Crippen LogP contribution in [0, 0.1) is 6.92 Å². The third kappa shape index (κ3) is 3.79. The molecule has 166 valence electrons. The van der Waals surface area contributed by atoms with Crippen LogP contribution in [0.4, 0.5) is 0 Å². The molecule has 2 aliphatic heterocycles. The number of aryl methyl sites for hydroxylation is 1. The molecule has 0 saturated carbocycles. The molecular weight excluding hydrogens is 406 g/mol. The molecule has 2 heterocycles. The third-order valence-corrected chi connectivity index (χ3v) is 6.13. The molecule has 7 nitrogen and oxygen atoms in total. The van der Waals surface area contributed by atoms with E-state index < -0.39 is 0 Å². The van der Waals surface area contributed by atoms with E-state index in [0.29, 0.717) is 49.3 Å². The first-order chi connectivity index (χ1) is 15.3. The predicted molar refractivity (Wildman–Crippen MR) is 120 cm³/mol. The van der Waals surface area contributed by atoms with Gasteiger partial charge in [-0.3, -0.25) is 24.1 Å². The normalized spacial score (nSPS) is 16.4. The van der Waals surface area contributed by atoms with Gasteiger partial charge in [-0.25, -0.2) is 0 Å². The van der Waals surface area contributed by atoms with Crippen molar-refractivity contribution < 1.29 is 19.2 Å². The number of fused-ring (bicyclic) bond motifs is 1. The molecule has 4 amide bonds. The number of carbonyl (C=O) groups excluding carboxylic acids is 4. The fraction of sp³-hybridized carbons (Fsp3) is 0.360. The number of rotatable bonds is 3. The van der Waals surface area contributed by atoms with Crippen LogP contribution in [0.15, 0.2) is 42.5 Å². The lowest BCUT2D eigenvalue weighted by molar-refractivity contribution is 0.0608. The van der Waals surface area contributed by atoms with Crippen LogP contribution in [-0.2, 0) is 0 Å². The fourth-order valence-corrected chi connectivity index (χ4v) is 4.35. The first-order valence-electron chi connectivity index (χ1n) is 11.0. The van der Waals surface area contributed by atoms with Crippen molar-refractivity contribution in [2.24, 2.45) is 0 Å². The van der Waals surface area contributed by atoms with Gasteiger partial charge >= 0.3 is 0 Å². The average Bonchev–Trinajstić information content (AvgIpc) is 2.93. The quantitative estimate of drug-likeness (QED) is 0.698. The fourth-order valence-electron chi connectivity index (χ4n) is 4.35. The average molecular weight is 434 g/mol. The van der Waals surface area contributed by atoms with Gasteiger partial charge in [0.2, 0.25) is 0 Å². The van der Waals surface area contributed by atoms with Crippen molar-refractivity contribution in [1.82, 2.24) is 14.7 Å². The number of benzene rings is 2. The molecule has 32 heavy (non-hydrogen) atoms. The Morgan fingerprint density at radius 1 is 0.812 bits per heavy atom. The summed E-state index contributed by atoms with van der Waals surface area (Å²) in [6.45, 7) is 7.46. The molecule has 0 radical (unpaired) electrons. The highest BCUT2D eigenvalue weighted by Crippen LogP contribution is 2.26. The Morgan fingerprint density at radius 2 is 1.44 bits per heavy atom. The highest BCUT2D eigenvalue weighted by atomic mass is 16.2. The van der Waals surface area contributed by atoms with Crippen LogP contribution < -0.4 is 0 Å². The summed E-state index contributed by atoms with van der Waals surface area (Å²) in [6.07, 6.45) is 0.673. The van der Waals surface area contributed by atoms with E-state index in [1.165, 1.54) is 11.0 Å². The molecule has 2 aromatic carbocycles. The highest BCUT2D eigenvalue weighted by molar-refractivity contribution is 6.22. The highest BCUT2D eigenvalue weighted by Gasteiger charge is 2.37. The summed E-state index contributed by atoms with van der Waals surface area (Å²) < 4.78 is 0. The van der Waals surface area contributed by atoms with Gasteiger partial charge in [0.1, 0.15) is 0 Å². The number of amides is 4. The standard InChI is InChI=1S/C25H27N3O4/c1-16(2)28-24(31)20-10-9-18(15-21(20)25(28)32)22(29)26-11-6-12-27(14-13-26)23(30)19-8-5-4-7-17(19)3/h4-5,7-10,15-16H,6,11-14H2,1-3H3. The molecule has 7 heteroatoms. The minimum Gasteiger partial charge on any atom is -0.337 e. The van der Waals surface area contributed by atoms with Crippen molar-refractivity contribution in [1.29, 1.82) is 0 Å². The first kappa shape index (κ1) is 21.7. The number of imide groups is 1. The maximum absolute atomic E-state index is 13.2. The predicted octanol–water partition coefficient (Wildman–Crippen LogP) is 2.99. The largest absolute Gasteiger partial charge is 0.337 e. The molecule has 0 N–H and O–H groups in total. The summed E-state index contributed by atoms with van der Waals surface area (Å²) in [4.78, 5) is 56.0. The Balaban J connectivity index is 1.49. The lowest BCUT2D eigenvalue weighted by atomic mass is 10.0. The summed E-state index contributed by atoms with van der Waals surface area (Å²) in [7, 11) is 0. The zero-order valence-electron chi connectivity index (χ0n) is 18.6. The van der Waals surface area contributed by atoms with E-state index in [1.54, 1.807) is 35.8 Å². The summed E-state index contributed by atoms with van der Waals surface area (Å²) in [5.41, 5.74) is 2.62. The van der Waals surface area contributed by atoms with E-state index in [0.717, 1.165) is 5.56 Å². The van der Waals surface area contributed by atoms with Crippen molar-refractivity contribution >= 4 is 23.6 Å². The summed E-state index contributed by atoms with van der Waals surface area (Å²) >= 11 is 0. The molecule has 0 aromatic heterocycles. The number of hydrogen-bond acceptors (Lipinski definition) is 4. The van der Waals surface area contributed by atoms with Crippen LogP contribution in [0.25, 0.3) is 0 Å². The van der Waals surface area contributed by atoms with Gasteiger partial charge in [0.15, 0.2) is 0 Å². The molecule has 1 saturated heterocycles. The second-order valence-electron chi connectivity index (χ2n) is 8.59. The van der Waals surface area contributed by atoms with Gasteiger partial charge in [0.25, 0.3) is 23.6 Å². The molecule has 4 rings (SSSR count). The lowest BCUT2D eigenvalue weighted by Crippen LogP contribution is -2.37. The Morgan fingerprint density at radius 3 is 2.09 bits per heavy atom. The smallest absolute Gasteiger partial charge is 0.261 e. The summed E-state index contributed by atoms with van der Waals surface area (Å²) in [5, 5.41) is 0.